The Morgan fingerprint density at radius 2 is 2.58 bits per heavy atom. The van der Waals surface area contributed by atoms with Crippen LogP contribution in [-0.2, 0) is 11.2 Å². The van der Waals surface area contributed by atoms with E-state index in [9.17, 15) is 4.79 Å². The average Bonchev–Trinajstić information content (AvgIpc) is 2.52. The van der Waals surface area contributed by atoms with Gasteiger partial charge in [0.05, 0.1) is 6.42 Å². The number of hydrogen-bond donors (Lipinski definition) is 1. The van der Waals surface area contributed by atoms with Crippen molar-refractivity contribution >= 4 is 17.3 Å². The first-order chi connectivity index (χ1) is 5.77. The standard InChI is InChI=1S/C9H10O2S/c10-8(11)5-7-2-1-6-3-4-12-9(6)7/h3-4,7H,1-2,5H2,(H,10,11). The van der Waals surface area contributed by atoms with Gasteiger partial charge in [-0.2, -0.15) is 0 Å². The van der Waals surface area contributed by atoms with Gasteiger partial charge < -0.3 is 5.11 Å². The predicted molar refractivity (Wildman–Crippen MR) is 47.6 cm³/mol. The lowest BCUT2D eigenvalue weighted by atomic mass is 10.1. The van der Waals surface area contributed by atoms with Crippen LogP contribution >= 0.6 is 11.3 Å². The van der Waals surface area contributed by atoms with Crippen molar-refractivity contribution in [2.75, 3.05) is 0 Å². The van der Waals surface area contributed by atoms with Crippen molar-refractivity contribution in [3.8, 4) is 0 Å². The van der Waals surface area contributed by atoms with E-state index in [1.54, 1.807) is 11.3 Å². The number of fused-ring (bicyclic) bond motifs is 1. The summed E-state index contributed by atoms with van der Waals surface area (Å²) < 4.78 is 0. The van der Waals surface area contributed by atoms with E-state index in [1.807, 2.05) is 0 Å². The van der Waals surface area contributed by atoms with Gasteiger partial charge in [0.1, 0.15) is 0 Å². The van der Waals surface area contributed by atoms with Gasteiger partial charge in [-0.25, -0.2) is 0 Å². The number of aliphatic carboxylic acids is 1. The van der Waals surface area contributed by atoms with Gasteiger partial charge in [0.25, 0.3) is 0 Å². The first-order valence-electron chi connectivity index (χ1n) is 4.05. The van der Waals surface area contributed by atoms with Crippen LogP contribution in [0, 0.1) is 0 Å². The Morgan fingerprint density at radius 1 is 1.75 bits per heavy atom. The van der Waals surface area contributed by atoms with Crippen molar-refractivity contribution in [3.63, 3.8) is 0 Å². The van der Waals surface area contributed by atoms with Gasteiger partial charge in [-0.1, -0.05) is 0 Å². The zero-order valence-electron chi connectivity index (χ0n) is 6.62. The summed E-state index contributed by atoms with van der Waals surface area (Å²) in [7, 11) is 0. The van der Waals surface area contributed by atoms with E-state index in [0.29, 0.717) is 6.42 Å². The van der Waals surface area contributed by atoms with Crippen molar-refractivity contribution in [2.24, 2.45) is 0 Å². The molecule has 3 heteroatoms. The highest BCUT2D eigenvalue weighted by atomic mass is 32.1. The van der Waals surface area contributed by atoms with Crippen LogP contribution in [0.4, 0.5) is 0 Å². The lowest BCUT2D eigenvalue weighted by molar-refractivity contribution is -0.137. The summed E-state index contributed by atoms with van der Waals surface area (Å²) in [5, 5.41) is 10.7. The maximum Gasteiger partial charge on any atom is 0.303 e. The molecule has 64 valence electrons. The van der Waals surface area contributed by atoms with Gasteiger partial charge in [0.15, 0.2) is 0 Å². The minimum atomic E-state index is -0.679. The maximum absolute atomic E-state index is 10.5. The highest BCUT2D eigenvalue weighted by Crippen LogP contribution is 2.38. The van der Waals surface area contributed by atoms with E-state index in [4.69, 9.17) is 5.11 Å². The minimum Gasteiger partial charge on any atom is -0.481 e. The van der Waals surface area contributed by atoms with E-state index in [-0.39, 0.29) is 5.92 Å². The summed E-state index contributed by atoms with van der Waals surface area (Å²) in [6, 6.07) is 2.11. The molecule has 1 aromatic rings. The maximum atomic E-state index is 10.5. The largest absolute Gasteiger partial charge is 0.481 e. The quantitative estimate of drug-likeness (QED) is 0.761. The number of aryl methyl sites for hydroxylation is 1. The SMILES string of the molecule is O=C(O)CC1CCc2ccsc21. The van der Waals surface area contributed by atoms with Crippen molar-refractivity contribution in [2.45, 2.75) is 25.2 Å². The Balaban J connectivity index is 2.17. The molecule has 0 saturated carbocycles. The third kappa shape index (κ3) is 1.25. The molecule has 1 aliphatic rings. The van der Waals surface area contributed by atoms with Crippen molar-refractivity contribution in [1.82, 2.24) is 0 Å². The monoisotopic (exact) mass is 182 g/mol. The number of carboxylic acid groups (broad SMARTS) is 1. The summed E-state index contributed by atoms with van der Waals surface area (Å²) in [5.41, 5.74) is 1.37. The van der Waals surface area contributed by atoms with Gasteiger partial charge >= 0.3 is 5.97 Å². The van der Waals surface area contributed by atoms with Crippen LogP contribution in [0.5, 0.6) is 0 Å². The van der Waals surface area contributed by atoms with Crippen molar-refractivity contribution in [1.29, 1.82) is 0 Å². The van der Waals surface area contributed by atoms with Crippen LogP contribution in [0.1, 0.15) is 29.2 Å². The zero-order valence-corrected chi connectivity index (χ0v) is 7.43. The fourth-order valence-electron chi connectivity index (χ4n) is 1.78. The normalized spacial score (nSPS) is 20.8. The smallest absolute Gasteiger partial charge is 0.303 e. The molecule has 0 radical (unpaired) electrons. The summed E-state index contributed by atoms with van der Waals surface area (Å²) in [6.07, 6.45) is 2.39. The number of rotatable bonds is 2. The molecule has 0 fully saturated rings. The zero-order chi connectivity index (χ0) is 8.55. The fraction of sp³-hybridized carbons (Fsp3) is 0.444. The Bertz CT molecular complexity index is 303. The van der Waals surface area contributed by atoms with Crippen molar-refractivity contribution in [3.05, 3.63) is 21.9 Å². The number of thiophene rings is 1. The summed E-state index contributed by atoms with van der Waals surface area (Å²) in [5.74, 6) is -0.390. The average molecular weight is 182 g/mol. The molecule has 0 aliphatic heterocycles. The molecule has 2 nitrogen and oxygen atoms in total. The highest BCUT2D eigenvalue weighted by molar-refractivity contribution is 7.10. The predicted octanol–water partition coefficient (Wildman–Crippen LogP) is 2.25. The molecule has 2 rings (SSSR count). The Hall–Kier alpha value is -0.830. The van der Waals surface area contributed by atoms with Crippen molar-refractivity contribution < 1.29 is 9.90 Å². The molecule has 1 N–H and O–H groups in total. The first-order valence-corrected chi connectivity index (χ1v) is 4.93. The molecular formula is C9H10O2S. The summed E-state index contributed by atoms with van der Waals surface area (Å²) >= 11 is 1.70. The van der Waals surface area contributed by atoms with E-state index in [1.165, 1.54) is 10.4 Å². The lowest BCUT2D eigenvalue weighted by Gasteiger charge is -2.04. The molecule has 0 bridgehead atoms. The number of carbonyl (C=O) groups is 1. The van der Waals surface area contributed by atoms with Crippen LogP contribution in [0.25, 0.3) is 0 Å². The second-order valence-corrected chi connectivity index (χ2v) is 4.09. The molecule has 1 aromatic heterocycles. The van der Waals surface area contributed by atoms with Gasteiger partial charge in [0, 0.05) is 10.8 Å². The Morgan fingerprint density at radius 3 is 3.33 bits per heavy atom. The van der Waals surface area contributed by atoms with Crippen LogP contribution in [0.3, 0.4) is 0 Å². The lowest BCUT2D eigenvalue weighted by Crippen LogP contribution is -2.01. The van der Waals surface area contributed by atoms with Crippen LogP contribution in [0.2, 0.25) is 0 Å². The van der Waals surface area contributed by atoms with Gasteiger partial charge in [-0.15, -0.1) is 11.3 Å². The third-order valence-corrected chi connectivity index (χ3v) is 3.46. The molecule has 1 unspecified atom stereocenters. The van der Waals surface area contributed by atoms with E-state index in [2.05, 4.69) is 11.4 Å². The number of hydrogen-bond acceptors (Lipinski definition) is 2. The fourth-order valence-corrected chi connectivity index (χ4v) is 2.87. The molecule has 0 amide bonds. The molecule has 1 heterocycles. The topological polar surface area (TPSA) is 37.3 Å². The molecule has 1 atom stereocenters. The first kappa shape index (κ1) is 7.80. The highest BCUT2D eigenvalue weighted by Gasteiger charge is 2.25. The summed E-state index contributed by atoms with van der Waals surface area (Å²) in [4.78, 5) is 11.8. The van der Waals surface area contributed by atoms with E-state index in [0.717, 1.165) is 12.8 Å². The summed E-state index contributed by atoms with van der Waals surface area (Å²) in [6.45, 7) is 0. The molecular weight excluding hydrogens is 172 g/mol. The van der Waals surface area contributed by atoms with Gasteiger partial charge in [0.2, 0.25) is 0 Å². The molecule has 12 heavy (non-hydrogen) atoms. The minimum absolute atomic E-state index is 0.289. The number of carboxylic acids is 1. The molecule has 0 saturated heterocycles. The molecule has 1 aliphatic carbocycles. The van der Waals surface area contributed by atoms with Crippen LogP contribution < -0.4 is 0 Å². The Labute approximate surface area is 74.8 Å². The van der Waals surface area contributed by atoms with Gasteiger partial charge in [-0.3, -0.25) is 4.79 Å². The Kier molecular flexibility index (Phi) is 1.89. The second-order valence-electron chi connectivity index (χ2n) is 3.14. The molecule has 0 spiro atoms. The van der Waals surface area contributed by atoms with Gasteiger partial charge in [-0.05, 0) is 29.9 Å². The van der Waals surface area contributed by atoms with E-state index < -0.39 is 5.97 Å². The molecule has 0 aromatic carbocycles. The second kappa shape index (κ2) is 2.90. The third-order valence-electron chi connectivity index (χ3n) is 2.33. The van der Waals surface area contributed by atoms with E-state index >= 15 is 0 Å². The van der Waals surface area contributed by atoms with Crippen LogP contribution in [0.15, 0.2) is 11.4 Å². The van der Waals surface area contributed by atoms with Crippen LogP contribution in [-0.4, -0.2) is 11.1 Å².